The SMILES string of the molecule is CN(CC(=O)O)C1CCCN(S(=O)(=O)c2ccc(Cl)s2)CC1. The lowest BCUT2D eigenvalue weighted by Crippen LogP contribution is -2.37. The summed E-state index contributed by atoms with van der Waals surface area (Å²) < 4.78 is 27.3. The fraction of sp³-hybridized carbons (Fsp3) is 0.615. The van der Waals surface area contributed by atoms with Crippen molar-refractivity contribution in [1.82, 2.24) is 9.21 Å². The zero-order valence-electron chi connectivity index (χ0n) is 12.2. The number of rotatable bonds is 5. The van der Waals surface area contributed by atoms with E-state index in [1.807, 2.05) is 0 Å². The first kappa shape index (κ1) is 17.7. The van der Waals surface area contributed by atoms with Crippen molar-refractivity contribution in [3.05, 3.63) is 16.5 Å². The average Bonchev–Trinajstić information content (AvgIpc) is 2.73. The van der Waals surface area contributed by atoms with E-state index in [1.165, 1.54) is 10.4 Å². The quantitative estimate of drug-likeness (QED) is 0.861. The maximum Gasteiger partial charge on any atom is 0.317 e. The molecule has 0 radical (unpaired) electrons. The molecule has 1 aliphatic heterocycles. The van der Waals surface area contributed by atoms with Crippen molar-refractivity contribution < 1.29 is 18.3 Å². The molecular weight excluding hydrogens is 348 g/mol. The van der Waals surface area contributed by atoms with Gasteiger partial charge in [-0.25, -0.2) is 8.42 Å². The van der Waals surface area contributed by atoms with Crippen LogP contribution >= 0.6 is 22.9 Å². The summed E-state index contributed by atoms with van der Waals surface area (Å²) in [7, 11) is -1.74. The van der Waals surface area contributed by atoms with Gasteiger partial charge in [0.25, 0.3) is 10.0 Å². The lowest BCUT2D eigenvalue weighted by atomic mass is 10.1. The summed E-state index contributed by atoms with van der Waals surface area (Å²) in [6.07, 6.45) is 2.13. The molecule has 124 valence electrons. The number of thiophene rings is 1. The van der Waals surface area contributed by atoms with Gasteiger partial charge in [-0.15, -0.1) is 11.3 Å². The number of aliphatic carboxylic acids is 1. The fourth-order valence-electron chi connectivity index (χ4n) is 2.64. The number of carboxylic acid groups (broad SMARTS) is 1. The Kier molecular flexibility index (Phi) is 5.84. The molecule has 2 heterocycles. The maximum absolute atomic E-state index is 12.6. The van der Waals surface area contributed by atoms with E-state index in [2.05, 4.69) is 0 Å². The van der Waals surface area contributed by atoms with Gasteiger partial charge in [0, 0.05) is 19.1 Å². The van der Waals surface area contributed by atoms with Crippen molar-refractivity contribution in [3.63, 3.8) is 0 Å². The Morgan fingerprint density at radius 3 is 2.77 bits per heavy atom. The molecule has 0 amide bonds. The molecule has 1 aliphatic rings. The monoisotopic (exact) mass is 366 g/mol. The minimum atomic E-state index is -3.50. The normalized spacial score (nSPS) is 21.0. The Morgan fingerprint density at radius 1 is 1.45 bits per heavy atom. The van der Waals surface area contributed by atoms with Crippen LogP contribution in [0.3, 0.4) is 0 Å². The second-order valence-corrected chi connectivity index (χ2v) is 9.24. The third kappa shape index (κ3) is 4.20. The predicted molar refractivity (Wildman–Crippen MR) is 86.0 cm³/mol. The zero-order chi connectivity index (χ0) is 16.3. The van der Waals surface area contributed by atoms with Gasteiger partial charge in [0.1, 0.15) is 4.21 Å². The Hall–Kier alpha value is -0.670. The van der Waals surface area contributed by atoms with Crippen molar-refractivity contribution in [2.75, 3.05) is 26.7 Å². The first-order valence-corrected chi connectivity index (χ1v) is 9.61. The summed E-state index contributed by atoms with van der Waals surface area (Å²) in [5.41, 5.74) is 0. The molecule has 0 bridgehead atoms. The molecule has 2 rings (SSSR count). The van der Waals surface area contributed by atoms with E-state index in [-0.39, 0.29) is 16.8 Å². The van der Waals surface area contributed by atoms with Gasteiger partial charge in [-0.1, -0.05) is 11.6 Å². The van der Waals surface area contributed by atoms with E-state index < -0.39 is 16.0 Å². The third-order valence-electron chi connectivity index (χ3n) is 3.81. The standard InChI is InChI=1S/C13H19ClN2O4S2/c1-15(9-12(17)18)10-3-2-7-16(8-6-10)22(19,20)13-5-4-11(14)21-13/h4-5,10H,2-3,6-9H2,1H3,(H,17,18). The maximum atomic E-state index is 12.6. The second kappa shape index (κ2) is 7.27. The van der Waals surface area contributed by atoms with Gasteiger partial charge in [0.15, 0.2) is 0 Å². The topological polar surface area (TPSA) is 77.9 Å². The van der Waals surface area contributed by atoms with Gasteiger partial charge < -0.3 is 5.11 Å². The van der Waals surface area contributed by atoms with Crippen LogP contribution in [0.15, 0.2) is 16.3 Å². The molecule has 0 aliphatic carbocycles. The van der Waals surface area contributed by atoms with Crippen LogP contribution in [0, 0.1) is 0 Å². The molecule has 0 spiro atoms. The zero-order valence-corrected chi connectivity index (χ0v) is 14.6. The molecule has 1 saturated heterocycles. The third-order valence-corrected chi connectivity index (χ3v) is 7.40. The van der Waals surface area contributed by atoms with Gasteiger partial charge in [-0.05, 0) is 38.4 Å². The highest BCUT2D eigenvalue weighted by atomic mass is 35.5. The van der Waals surface area contributed by atoms with Crippen LogP contribution in [-0.2, 0) is 14.8 Å². The fourth-order valence-corrected chi connectivity index (χ4v) is 5.77. The molecule has 22 heavy (non-hydrogen) atoms. The number of carbonyl (C=O) groups is 1. The Balaban J connectivity index is 2.05. The lowest BCUT2D eigenvalue weighted by molar-refractivity contribution is -0.138. The minimum Gasteiger partial charge on any atom is -0.480 e. The van der Waals surface area contributed by atoms with Gasteiger partial charge in [0.2, 0.25) is 0 Å². The molecule has 1 aromatic heterocycles. The number of sulfonamides is 1. The smallest absolute Gasteiger partial charge is 0.317 e. The minimum absolute atomic E-state index is 0.0298. The van der Waals surface area contributed by atoms with Gasteiger partial charge >= 0.3 is 5.97 Å². The highest BCUT2D eigenvalue weighted by molar-refractivity contribution is 7.91. The van der Waals surface area contributed by atoms with Crippen LogP contribution in [-0.4, -0.2) is 61.4 Å². The number of nitrogens with zero attached hydrogens (tertiary/aromatic N) is 2. The Bertz CT molecular complexity index is 632. The van der Waals surface area contributed by atoms with Crippen molar-refractivity contribution >= 4 is 38.9 Å². The van der Waals surface area contributed by atoms with Gasteiger partial charge in [-0.2, -0.15) is 4.31 Å². The first-order valence-electron chi connectivity index (χ1n) is 6.98. The van der Waals surface area contributed by atoms with Crippen molar-refractivity contribution in [2.45, 2.75) is 29.5 Å². The second-order valence-electron chi connectivity index (χ2n) is 5.36. The van der Waals surface area contributed by atoms with E-state index in [1.54, 1.807) is 18.0 Å². The van der Waals surface area contributed by atoms with Crippen LogP contribution in [0.5, 0.6) is 0 Å². The summed E-state index contributed by atoms with van der Waals surface area (Å²) in [4.78, 5) is 12.6. The Labute approximate surface area is 139 Å². The van der Waals surface area contributed by atoms with E-state index in [4.69, 9.17) is 16.7 Å². The van der Waals surface area contributed by atoms with Crippen molar-refractivity contribution in [1.29, 1.82) is 0 Å². The summed E-state index contributed by atoms with van der Waals surface area (Å²) in [6, 6.07) is 3.20. The lowest BCUT2D eigenvalue weighted by Gasteiger charge is -2.25. The molecular formula is C13H19ClN2O4S2. The van der Waals surface area contributed by atoms with Gasteiger partial charge in [0.05, 0.1) is 10.9 Å². The summed E-state index contributed by atoms with van der Waals surface area (Å²) in [5, 5.41) is 8.86. The number of hydrogen-bond acceptors (Lipinski definition) is 5. The predicted octanol–water partition coefficient (Wildman–Crippen LogP) is 1.96. The van der Waals surface area contributed by atoms with Crippen LogP contribution in [0.1, 0.15) is 19.3 Å². The average molecular weight is 367 g/mol. The highest BCUT2D eigenvalue weighted by Crippen LogP contribution is 2.29. The molecule has 1 unspecified atom stereocenters. The van der Waals surface area contributed by atoms with E-state index >= 15 is 0 Å². The molecule has 9 heteroatoms. The molecule has 1 aromatic rings. The van der Waals surface area contributed by atoms with Crippen LogP contribution in [0.4, 0.5) is 0 Å². The van der Waals surface area contributed by atoms with E-state index in [0.717, 1.165) is 17.8 Å². The first-order chi connectivity index (χ1) is 10.3. The van der Waals surface area contributed by atoms with Crippen molar-refractivity contribution in [3.8, 4) is 0 Å². The molecule has 6 nitrogen and oxygen atoms in total. The largest absolute Gasteiger partial charge is 0.480 e. The van der Waals surface area contributed by atoms with E-state index in [0.29, 0.717) is 30.3 Å². The summed E-state index contributed by atoms with van der Waals surface area (Å²) in [5.74, 6) is -0.871. The van der Waals surface area contributed by atoms with Gasteiger partial charge in [-0.3, -0.25) is 9.69 Å². The van der Waals surface area contributed by atoms with Crippen LogP contribution in [0.2, 0.25) is 4.34 Å². The summed E-state index contributed by atoms with van der Waals surface area (Å²) in [6.45, 7) is 0.819. The van der Waals surface area contributed by atoms with Crippen LogP contribution in [0.25, 0.3) is 0 Å². The Morgan fingerprint density at radius 2 is 2.18 bits per heavy atom. The molecule has 1 fully saturated rings. The van der Waals surface area contributed by atoms with E-state index in [9.17, 15) is 13.2 Å². The molecule has 1 N–H and O–H groups in total. The number of likely N-dealkylation sites (N-methyl/N-ethyl adjacent to an activating group) is 1. The molecule has 0 saturated carbocycles. The molecule has 1 atom stereocenters. The number of halogens is 1. The number of hydrogen-bond donors (Lipinski definition) is 1. The summed E-state index contributed by atoms with van der Waals surface area (Å²) >= 11 is 6.88. The van der Waals surface area contributed by atoms with Crippen LogP contribution < -0.4 is 0 Å². The van der Waals surface area contributed by atoms with Crippen molar-refractivity contribution in [2.24, 2.45) is 0 Å². The highest BCUT2D eigenvalue weighted by Gasteiger charge is 2.30. The number of carboxylic acids is 1. The molecule has 0 aromatic carbocycles.